The lowest BCUT2D eigenvalue weighted by molar-refractivity contribution is -0.144. The Morgan fingerprint density at radius 2 is 2.00 bits per heavy atom. The fourth-order valence-electron chi connectivity index (χ4n) is 2.28. The Morgan fingerprint density at radius 3 is 2.67 bits per heavy atom. The Bertz CT molecular complexity index is 710. The molecule has 1 aromatic carbocycles. The van der Waals surface area contributed by atoms with Crippen LogP contribution in [0.15, 0.2) is 30.6 Å². The predicted molar refractivity (Wildman–Crippen MR) is 72.8 cm³/mol. The van der Waals surface area contributed by atoms with Crippen molar-refractivity contribution in [3.05, 3.63) is 36.2 Å². The zero-order valence-corrected chi connectivity index (χ0v) is 11.1. The average Bonchev–Trinajstić information content (AvgIpc) is 2.96. The van der Waals surface area contributed by atoms with Gasteiger partial charge in [0.2, 0.25) is 0 Å². The first-order valence-corrected chi connectivity index (χ1v) is 6.45. The molecule has 7 nitrogen and oxygen atoms in total. The lowest BCUT2D eigenvalue weighted by atomic mass is 9.98. The van der Waals surface area contributed by atoms with Gasteiger partial charge in [-0.05, 0) is 18.2 Å². The van der Waals surface area contributed by atoms with Gasteiger partial charge in [-0.1, -0.05) is 0 Å². The number of nitrogens with zero attached hydrogens (tertiary/aromatic N) is 2. The summed E-state index contributed by atoms with van der Waals surface area (Å²) in [5.41, 5.74) is 0.243. The number of benzene rings is 1. The SMILES string of the molecule is O=C(NC1(C(=O)O)CCOC1)c1ccc2nccnc2c1. The highest BCUT2D eigenvalue weighted by molar-refractivity contribution is 6.00. The molecule has 2 N–H and O–H groups in total. The van der Waals surface area contributed by atoms with E-state index in [9.17, 15) is 14.7 Å². The molecule has 1 saturated heterocycles. The van der Waals surface area contributed by atoms with Crippen molar-refractivity contribution in [2.24, 2.45) is 0 Å². The average molecular weight is 287 g/mol. The Labute approximate surface area is 120 Å². The summed E-state index contributed by atoms with van der Waals surface area (Å²) >= 11 is 0. The zero-order chi connectivity index (χ0) is 14.9. The van der Waals surface area contributed by atoms with Crippen LogP contribution in [0.1, 0.15) is 16.8 Å². The molecule has 1 amide bonds. The van der Waals surface area contributed by atoms with Crippen molar-refractivity contribution in [1.82, 2.24) is 15.3 Å². The van der Waals surface area contributed by atoms with Crippen LogP contribution in [0.3, 0.4) is 0 Å². The summed E-state index contributed by atoms with van der Waals surface area (Å²) in [5, 5.41) is 11.9. The molecule has 0 saturated carbocycles. The second kappa shape index (κ2) is 5.10. The van der Waals surface area contributed by atoms with Gasteiger partial charge in [-0.3, -0.25) is 14.8 Å². The van der Waals surface area contributed by atoms with Gasteiger partial charge in [-0.25, -0.2) is 4.79 Å². The molecule has 1 atom stereocenters. The molecule has 1 aliphatic heterocycles. The normalized spacial score (nSPS) is 21.3. The van der Waals surface area contributed by atoms with E-state index in [1.54, 1.807) is 24.4 Å². The number of aliphatic carboxylic acids is 1. The Hall–Kier alpha value is -2.54. The van der Waals surface area contributed by atoms with Gasteiger partial charge in [-0.2, -0.15) is 0 Å². The van der Waals surface area contributed by atoms with Crippen LogP contribution in [0.25, 0.3) is 11.0 Å². The quantitative estimate of drug-likeness (QED) is 0.857. The monoisotopic (exact) mass is 287 g/mol. The van der Waals surface area contributed by atoms with Crippen LogP contribution in [-0.4, -0.2) is 45.7 Å². The van der Waals surface area contributed by atoms with E-state index in [-0.39, 0.29) is 13.0 Å². The van der Waals surface area contributed by atoms with E-state index >= 15 is 0 Å². The minimum absolute atomic E-state index is 0.0263. The number of rotatable bonds is 3. The molecular formula is C14H13N3O4. The van der Waals surface area contributed by atoms with Gasteiger partial charge in [0.1, 0.15) is 0 Å². The lowest BCUT2D eigenvalue weighted by Gasteiger charge is -2.23. The maximum atomic E-state index is 12.3. The van der Waals surface area contributed by atoms with Crippen LogP contribution in [0.5, 0.6) is 0 Å². The minimum Gasteiger partial charge on any atom is -0.479 e. The van der Waals surface area contributed by atoms with Crippen molar-refractivity contribution in [1.29, 1.82) is 0 Å². The second-order valence-electron chi connectivity index (χ2n) is 4.90. The van der Waals surface area contributed by atoms with E-state index in [2.05, 4.69) is 15.3 Å². The Morgan fingerprint density at radius 1 is 1.24 bits per heavy atom. The third-order valence-electron chi connectivity index (χ3n) is 3.52. The standard InChI is InChI=1S/C14H13N3O4/c18-12(17-14(13(19)20)3-6-21-8-14)9-1-2-10-11(7-9)16-5-4-15-10/h1-2,4-5,7H,3,6,8H2,(H,17,18)(H,19,20). The summed E-state index contributed by atoms with van der Waals surface area (Å²) < 4.78 is 5.11. The molecular weight excluding hydrogens is 274 g/mol. The second-order valence-corrected chi connectivity index (χ2v) is 4.90. The summed E-state index contributed by atoms with van der Waals surface area (Å²) in [4.78, 5) is 31.9. The number of nitrogens with one attached hydrogen (secondary N) is 1. The van der Waals surface area contributed by atoms with Crippen LogP contribution in [0.2, 0.25) is 0 Å². The first-order valence-electron chi connectivity index (χ1n) is 6.45. The third-order valence-corrected chi connectivity index (χ3v) is 3.52. The highest BCUT2D eigenvalue weighted by Crippen LogP contribution is 2.20. The number of fused-ring (bicyclic) bond motifs is 1. The van der Waals surface area contributed by atoms with Gasteiger partial charge >= 0.3 is 5.97 Å². The van der Waals surface area contributed by atoms with E-state index in [1.165, 1.54) is 6.20 Å². The molecule has 21 heavy (non-hydrogen) atoms. The van der Waals surface area contributed by atoms with Crippen LogP contribution in [0, 0.1) is 0 Å². The van der Waals surface area contributed by atoms with E-state index in [0.29, 0.717) is 23.2 Å². The van der Waals surface area contributed by atoms with Crippen molar-refractivity contribution < 1.29 is 19.4 Å². The molecule has 7 heteroatoms. The molecule has 108 valence electrons. The van der Waals surface area contributed by atoms with Crippen LogP contribution < -0.4 is 5.32 Å². The highest BCUT2D eigenvalue weighted by Gasteiger charge is 2.44. The molecule has 3 rings (SSSR count). The van der Waals surface area contributed by atoms with Gasteiger partial charge in [0, 0.05) is 31.0 Å². The van der Waals surface area contributed by atoms with Gasteiger partial charge in [0.25, 0.3) is 5.91 Å². The smallest absolute Gasteiger partial charge is 0.331 e. The van der Waals surface area contributed by atoms with Crippen molar-refractivity contribution in [2.45, 2.75) is 12.0 Å². The molecule has 1 aromatic heterocycles. The van der Waals surface area contributed by atoms with E-state index < -0.39 is 17.4 Å². The lowest BCUT2D eigenvalue weighted by Crippen LogP contribution is -2.55. The van der Waals surface area contributed by atoms with E-state index in [1.807, 2.05) is 0 Å². The van der Waals surface area contributed by atoms with E-state index in [4.69, 9.17) is 4.74 Å². The molecule has 1 fully saturated rings. The number of carbonyl (C=O) groups is 2. The predicted octanol–water partition coefficient (Wildman–Crippen LogP) is 0.603. The summed E-state index contributed by atoms with van der Waals surface area (Å²) in [5.74, 6) is -1.55. The van der Waals surface area contributed by atoms with Crippen molar-refractivity contribution in [3.8, 4) is 0 Å². The van der Waals surface area contributed by atoms with Crippen molar-refractivity contribution >= 4 is 22.9 Å². The summed E-state index contributed by atoms with van der Waals surface area (Å²) in [7, 11) is 0. The number of carbonyl (C=O) groups excluding carboxylic acids is 1. The first-order chi connectivity index (χ1) is 10.1. The maximum absolute atomic E-state index is 12.3. The van der Waals surface area contributed by atoms with Crippen molar-refractivity contribution in [3.63, 3.8) is 0 Å². The minimum atomic E-state index is -1.35. The Balaban J connectivity index is 1.88. The van der Waals surface area contributed by atoms with Gasteiger partial charge in [0.15, 0.2) is 5.54 Å². The first kappa shape index (κ1) is 13.4. The number of carboxylic acid groups (broad SMARTS) is 1. The topological polar surface area (TPSA) is 101 Å². The van der Waals surface area contributed by atoms with Crippen molar-refractivity contribution in [2.75, 3.05) is 13.2 Å². The maximum Gasteiger partial charge on any atom is 0.331 e. The van der Waals surface area contributed by atoms with Gasteiger partial charge in [-0.15, -0.1) is 0 Å². The summed E-state index contributed by atoms with van der Waals surface area (Å²) in [6, 6.07) is 4.86. The number of amides is 1. The van der Waals surface area contributed by atoms with Crippen LogP contribution in [-0.2, 0) is 9.53 Å². The molecule has 0 aliphatic carbocycles. The molecule has 1 unspecified atom stereocenters. The highest BCUT2D eigenvalue weighted by atomic mass is 16.5. The molecule has 1 aliphatic rings. The number of carboxylic acids is 1. The molecule has 0 spiro atoms. The molecule has 0 bridgehead atoms. The van der Waals surface area contributed by atoms with Crippen LogP contribution in [0.4, 0.5) is 0 Å². The number of hydrogen-bond donors (Lipinski definition) is 2. The fourth-order valence-corrected chi connectivity index (χ4v) is 2.28. The van der Waals surface area contributed by atoms with Crippen LogP contribution >= 0.6 is 0 Å². The largest absolute Gasteiger partial charge is 0.479 e. The number of aromatic nitrogens is 2. The van der Waals surface area contributed by atoms with Gasteiger partial charge in [0.05, 0.1) is 17.6 Å². The van der Waals surface area contributed by atoms with Gasteiger partial charge < -0.3 is 15.2 Å². The number of ether oxygens (including phenoxy) is 1. The third kappa shape index (κ3) is 2.43. The molecule has 0 radical (unpaired) electrons. The van der Waals surface area contributed by atoms with E-state index in [0.717, 1.165) is 0 Å². The molecule has 2 heterocycles. The summed E-state index contributed by atoms with van der Waals surface area (Å²) in [6.45, 7) is 0.289. The fraction of sp³-hybridized carbons (Fsp3) is 0.286. The Kier molecular flexibility index (Phi) is 3.26. The molecule has 2 aromatic rings. The zero-order valence-electron chi connectivity index (χ0n) is 11.1. The number of hydrogen-bond acceptors (Lipinski definition) is 5. The summed E-state index contributed by atoms with van der Waals surface area (Å²) in [6.07, 6.45) is 3.35.